The zero-order valence-electron chi connectivity index (χ0n) is 13.3. The maximum absolute atomic E-state index is 12.3. The number of hydrogen-bond donors (Lipinski definition) is 1. The van der Waals surface area contributed by atoms with Crippen molar-refractivity contribution in [3.05, 3.63) is 29.3 Å². The largest absolute Gasteiger partial charge is 0.496 e. The molecule has 1 amide bonds. The van der Waals surface area contributed by atoms with Gasteiger partial charge in [0.1, 0.15) is 11.8 Å². The summed E-state index contributed by atoms with van der Waals surface area (Å²) in [6.07, 6.45) is 0. The van der Waals surface area contributed by atoms with Gasteiger partial charge in [-0.25, -0.2) is 0 Å². The van der Waals surface area contributed by atoms with Crippen molar-refractivity contribution in [2.75, 3.05) is 40.8 Å². The molecule has 0 bridgehead atoms. The number of carbonyl (C=O) groups excluding carboxylic acids is 1. The van der Waals surface area contributed by atoms with E-state index in [9.17, 15) is 4.79 Å². The van der Waals surface area contributed by atoms with E-state index in [-0.39, 0.29) is 11.9 Å². The minimum Gasteiger partial charge on any atom is -0.496 e. The molecule has 1 aliphatic heterocycles. The Morgan fingerprint density at radius 2 is 2.24 bits per heavy atom. The highest BCUT2D eigenvalue weighted by Crippen LogP contribution is 2.20. The van der Waals surface area contributed by atoms with E-state index in [4.69, 9.17) is 4.74 Å². The van der Waals surface area contributed by atoms with Gasteiger partial charge in [-0.05, 0) is 24.1 Å². The van der Waals surface area contributed by atoms with Crippen molar-refractivity contribution < 1.29 is 9.53 Å². The number of nitrogens with one attached hydrogen (secondary N) is 1. The topological polar surface area (TPSA) is 44.8 Å². The number of amides is 1. The van der Waals surface area contributed by atoms with Gasteiger partial charge in [0.05, 0.1) is 7.11 Å². The lowest BCUT2D eigenvalue weighted by molar-refractivity contribution is -0.135. The average molecular weight is 291 g/mol. The second kappa shape index (κ2) is 6.91. The van der Waals surface area contributed by atoms with Crippen LogP contribution < -0.4 is 10.1 Å². The molecule has 1 unspecified atom stereocenters. The van der Waals surface area contributed by atoms with Crippen molar-refractivity contribution in [2.45, 2.75) is 19.5 Å². The van der Waals surface area contributed by atoms with E-state index in [1.807, 2.05) is 27.1 Å². The Balaban J connectivity index is 2.12. The van der Waals surface area contributed by atoms with E-state index in [1.165, 1.54) is 5.56 Å². The number of carbonyl (C=O) groups is 1. The lowest BCUT2D eigenvalue weighted by atomic mass is 10.1. The van der Waals surface area contributed by atoms with Crippen LogP contribution in [0.4, 0.5) is 0 Å². The van der Waals surface area contributed by atoms with Gasteiger partial charge < -0.3 is 15.0 Å². The molecule has 116 valence electrons. The number of piperazine rings is 1. The third-order valence-corrected chi connectivity index (χ3v) is 3.93. The fourth-order valence-corrected chi connectivity index (χ4v) is 2.75. The fourth-order valence-electron chi connectivity index (χ4n) is 2.75. The van der Waals surface area contributed by atoms with Gasteiger partial charge in [0, 0.05) is 40.3 Å². The van der Waals surface area contributed by atoms with E-state index in [2.05, 4.69) is 22.3 Å². The van der Waals surface area contributed by atoms with Gasteiger partial charge >= 0.3 is 0 Å². The molecule has 1 N–H and O–H groups in total. The summed E-state index contributed by atoms with van der Waals surface area (Å²) < 4.78 is 5.30. The van der Waals surface area contributed by atoms with Crippen molar-refractivity contribution >= 4 is 5.91 Å². The molecule has 0 spiro atoms. The predicted molar refractivity (Wildman–Crippen MR) is 83.5 cm³/mol. The molecule has 0 aromatic heterocycles. The summed E-state index contributed by atoms with van der Waals surface area (Å²) >= 11 is 0. The highest BCUT2D eigenvalue weighted by molar-refractivity contribution is 5.81. The monoisotopic (exact) mass is 291 g/mol. The first-order chi connectivity index (χ1) is 10.0. The Hall–Kier alpha value is -1.59. The van der Waals surface area contributed by atoms with Crippen LogP contribution in [0.15, 0.2) is 18.2 Å². The van der Waals surface area contributed by atoms with Gasteiger partial charge in [0.15, 0.2) is 0 Å². The van der Waals surface area contributed by atoms with Crippen LogP contribution in [-0.2, 0) is 11.3 Å². The minimum absolute atomic E-state index is 0.0869. The maximum atomic E-state index is 12.3. The Morgan fingerprint density at radius 1 is 1.48 bits per heavy atom. The molecule has 1 aromatic carbocycles. The normalized spacial score (nSPS) is 19.3. The molecule has 1 heterocycles. The van der Waals surface area contributed by atoms with Crippen molar-refractivity contribution in [3.63, 3.8) is 0 Å². The summed E-state index contributed by atoms with van der Waals surface area (Å²) in [6, 6.07) is 6.12. The van der Waals surface area contributed by atoms with E-state index >= 15 is 0 Å². The Morgan fingerprint density at radius 3 is 2.86 bits per heavy atom. The third kappa shape index (κ3) is 3.74. The first-order valence-electron chi connectivity index (χ1n) is 7.32. The average Bonchev–Trinajstić information content (AvgIpc) is 2.47. The van der Waals surface area contributed by atoms with E-state index in [1.54, 1.807) is 12.0 Å². The molecule has 0 aliphatic carbocycles. The molecule has 5 heteroatoms. The van der Waals surface area contributed by atoms with Gasteiger partial charge in [0.2, 0.25) is 5.91 Å². The number of nitrogens with zero attached hydrogens (tertiary/aromatic N) is 2. The first kappa shape index (κ1) is 15.8. The van der Waals surface area contributed by atoms with Gasteiger partial charge in [-0.15, -0.1) is 0 Å². The van der Waals surface area contributed by atoms with Crippen LogP contribution in [0.3, 0.4) is 0 Å². The highest BCUT2D eigenvalue weighted by Gasteiger charge is 2.29. The molecule has 0 saturated carbocycles. The molecule has 1 saturated heterocycles. The second-order valence-corrected chi connectivity index (χ2v) is 5.73. The van der Waals surface area contributed by atoms with Crippen LogP contribution in [0.1, 0.15) is 11.1 Å². The van der Waals surface area contributed by atoms with E-state index in [0.29, 0.717) is 6.54 Å². The van der Waals surface area contributed by atoms with Crippen molar-refractivity contribution in [1.82, 2.24) is 15.1 Å². The summed E-state index contributed by atoms with van der Waals surface area (Å²) in [5, 5.41) is 3.31. The molecule has 1 aromatic rings. The SMILES string of the molecule is COc1ccc(CN2CCNCC2C(=O)N(C)C)cc1C. The fraction of sp³-hybridized carbons (Fsp3) is 0.562. The summed E-state index contributed by atoms with van der Waals surface area (Å²) in [4.78, 5) is 16.2. The Labute approximate surface area is 126 Å². The zero-order chi connectivity index (χ0) is 15.4. The summed E-state index contributed by atoms with van der Waals surface area (Å²) in [5.74, 6) is 1.06. The quantitative estimate of drug-likeness (QED) is 0.894. The number of methoxy groups -OCH3 is 1. The Kier molecular flexibility index (Phi) is 5.20. The summed E-state index contributed by atoms with van der Waals surface area (Å²) in [7, 11) is 5.31. The molecular weight excluding hydrogens is 266 g/mol. The lowest BCUT2D eigenvalue weighted by Gasteiger charge is -2.36. The lowest BCUT2D eigenvalue weighted by Crippen LogP contribution is -2.57. The first-order valence-corrected chi connectivity index (χ1v) is 7.32. The van der Waals surface area contributed by atoms with E-state index < -0.39 is 0 Å². The van der Waals surface area contributed by atoms with Crippen molar-refractivity contribution in [1.29, 1.82) is 0 Å². The summed E-state index contributed by atoms with van der Waals surface area (Å²) in [6.45, 7) is 5.35. The maximum Gasteiger partial charge on any atom is 0.240 e. The molecule has 0 radical (unpaired) electrons. The number of hydrogen-bond acceptors (Lipinski definition) is 4. The number of aryl methyl sites for hydroxylation is 1. The zero-order valence-corrected chi connectivity index (χ0v) is 13.3. The third-order valence-electron chi connectivity index (χ3n) is 3.93. The van der Waals surface area contributed by atoms with Gasteiger partial charge in [-0.3, -0.25) is 9.69 Å². The number of likely N-dealkylation sites (N-methyl/N-ethyl adjacent to an activating group) is 1. The smallest absolute Gasteiger partial charge is 0.240 e. The summed E-state index contributed by atoms with van der Waals surface area (Å²) in [5.41, 5.74) is 2.34. The van der Waals surface area contributed by atoms with Crippen molar-refractivity contribution in [3.8, 4) is 5.75 Å². The van der Waals surface area contributed by atoms with Crippen LogP contribution in [0.25, 0.3) is 0 Å². The van der Waals surface area contributed by atoms with Crippen LogP contribution in [0.5, 0.6) is 5.75 Å². The predicted octanol–water partition coefficient (Wildman–Crippen LogP) is 0.866. The Bertz CT molecular complexity index is 502. The van der Waals surface area contributed by atoms with Crippen LogP contribution in [0.2, 0.25) is 0 Å². The van der Waals surface area contributed by atoms with Crippen LogP contribution >= 0.6 is 0 Å². The number of ether oxygens (including phenoxy) is 1. The molecule has 21 heavy (non-hydrogen) atoms. The number of benzene rings is 1. The molecule has 1 fully saturated rings. The van der Waals surface area contributed by atoms with Gasteiger partial charge in [0.25, 0.3) is 0 Å². The number of rotatable bonds is 4. The van der Waals surface area contributed by atoms with E-state index in [0.717, 1.165) is 30.9 Å². The second-order valence-electron chi connectivity index (χ2n) is 5.73. The van der Waals surface area contributed by atoms with Gasteiger partial charge in [-0.1, -0.05) is 12.1 Å². The van der Waals surface area contributed by atoms with Crippen LogP contribution in [0, 0.1) is 6.92 Å². The van der Waals surface area contributed by atoms with Crippen molar-refractivity contribution in [2.24, 2.45) is 0 Å². The molecule has 1 aliphatic rings. The highest BCUT2D eigenvalue weighted by atomic mass is 16.5. The minimum atomic E-state index is -0.0869. The molecule has 5 nitrogen and oxygen atoms in total. The standard InChI is InChI=1S/C16H25N3O2/c1-12-9-13(5-6-15(12)21-4)11-19-8-7-17-10-14(19)16(20)18(2)3/h5-6,9,14,17H,7-8,10-11H2,1-4H3. The van der Waals surface area contributed by atoms with Gasteiger partial charge in [-0.2, -0.15) is 0 Å². The molecular formula is C16H25N3O2. The molecule has 1 atom stereocenters. The van der Waals surface area contributed by atoms with Crippen LogP contribution in [-0.4, -0.2) is 62.6 Å². The molecule has 2 rings (SSSR count).